The Morgan fingerprint density at radius 3 is 2.50 bits per heavy atom. The number of benzene rings is 2. The van der Waals surface area contributed by atoms with E-state index in [1.54, 1.807) is 0 Å². The predicted octanol–water partition coefficient (Wildman–Crippen LogP) is 1.82. The van der Waals surface area contributed by atoms with Crippen molar-refractivity contribution in [1.82, 2.24) is 0 Å². The first kappa shape index (κ1) is 21.8. The molecule has 0 amide bonds. The molecule has 10 heteroatoms. The van der Waals surface area contributed by atoms with Crippen LogP contribution in [0.3, 0.4) is 0 Å². The normalized spacial score (nSPS) is 23.2. The van der Waals surface area contributed by atoms with E-state index in [0.717, 1.165) is 12.1 Å². The van der Waals surface area contributed by atoms with Crippen molar-refractivity contribution in [2.75, 3.05) is 7.11 Å². The van der Waals surface area contributed by atoms with Gasteiger partial charge >= 0.3 is 0 Å². The fourth-order valence-electron chi connectivity index (χ4n) is 3.59. The van der Waals surface area contributed by atoms with Crippen LogP contribution in [-0.4, -0.2) is 57.2 Å². The minimum Gasteiger partial charge on any atom is -0.504 e. The molecule has 2 aromatic carbocycles. The molecule has 0 aliphatic carbocycles. The summed E-state index contributed by atoms with van der Waals surface area (Å²) in [5.74, 6) is -1.38. The number of ether oxygens (including phenoxy) is 3. The third kappa shape index (κ3) is 3.79. The predicted molar refractivity (Wildman–Crippen MR) is 111 cm³/mol. The first-order valence-corrected chi connectivity index (χ1v) is 9.78. The molecule has 1 fully saturated rings. The molecule has 0 saturated carbocycles. The van der Waals surface area contributed by atoms with Gasteiger partial charge in [0.15, 0.2) is 28.4 Å². The molecule has 5 N–H and O–H groups in total. The Morgan fingerprint density at radius 2 is 1.81 bits per heavy atom. The number of hydrogen-bond donors (Lipinski definition) is 5. The van der Waals surface area contributed by atoms with Crippen LogP contribution in [0.4, 0.5) is 0 Å². The number of rotatable bonds is 4. The van der Waals surface area contributed by atoms with Gasteiger partial charge in [0.2, 0.25) is 12.0 Å². The minimum atomic E-state index is -1.12. The van der Waals surface area contributed by atoms with Crippen molar-refractivity contribution in [2.24, 2.45) is 0 Å². The van der Waals surface area contributed by atoms with Gasteiger partial charge in [0, 0.05) is 24.1 Å². The Kier molecular flexibility index (Phi) is 5.59. The molecule has 0 bridgehead atoms. The van der Waals surface area contributed by atoms with E-state index in [1.165, 1.54) is 32.2 Å². The van der Waals surface area contributed by atoms with Crippen molar-refractivity contribution in [3.05, 3.63) is 40.6 Å². The van der Waals surface area contributed by atoms with E-state index in [2.05, 4.69) is 0 Å². The van der Waals surface area contributed by atoms with Crippen LogP contribution in [-0.2, 0) is 4.74 Å². The molecule has 32 heavy (non-hydrogen) atoms. The Balaban J connectivity index is 1.74. The van der Waals surface area contributed by atoms with Gasteiger partial charge in [-0.1, -0.05) is 0 Å². The second-order valence-corrected chi connectivity index (χ2v) is 7.49. The van der Waals surface area contributed by atoms with Crippen LogP contribution in [0.1, 0.15) is 13.3 Å². The van der Waals surface area contributed by atoms with Gasteiger partial charge in [-0.05, 0) is 25.1 Å². The average molecular weight is 446 g/mol. The summed E-state index contributed by atoms with van der Waals surface area (Å²) in [4.78, 5) is 12.8. The summed E-state index contributed by atoms with van der Waals surface area (Å²) >= 11 is 0. The van der Waals surface area contributed by atoms with Gasteiger partial charge in [-0.3, -0.25) is 4.79 Å². The highest BCUT2D eigenvalue weighted by Gasteiger charge is 2.36. The van der Waals surface area contributed by atoms with Gasteiger partial charge in [0.1, 0.15) is 22.8 Å². The second kappa shape index (κ2) is 8.23. The number of aliphatic hydroxyl groups excluding tert-OH is 2. The lowest BCUT2D eigenvalue weighted by Crippen LogP contribution is -2.48. The van der Waals surface area contributed by atoms with Crippen molar-refractivity contribution >= 4 is 11.0 Å². The molecule has 2 heterocycles. The lowest BCUT2D eigenvalue weighted by atomic mass is 10.0. The van der Waals surface area contributed by atoms with Crippen molar-refractivity contribution in [2.45, 2.75) is 37.9 Å². The van der Waals surface area contributed by atoms with E-state index in [4.69, 9.17) is 18.6 Å². The molecule has 3 aromatic rings. The van der Waals surface area contributed by atoms with Gasteiger partial charge < -0.3 is 44.2 Å². The van der Waals surface area contributed by atoms with Gasteiger partial charge in [0.25, 0.3) is 0 Å². The number of hydrogen-bond acceptors (Lipinski definition) is 10. The fourth-order valence-corrected chi connectivity index (χ4v) is 3.59. The Hall–Kier alpha value is -3.47. The monoisotopic (exact) mass is 446 g/mol. The Labute approximate surface area is 181 Å². The second-order valence-electron chi connectivity index (χ2n) is 7.49. The lowest BCUT2D eigenvalue weighted by Gasteiger charge is -2.35. The Bertz CT molecular complexity index is 1210. The lowest BCUT2D eigenvalue weighted by molar-refractivity contribution is -0.217. The summed E-state index contributed by atoms with van der Waals surface area (Å²) in [6.45, 7) is 1.54. The van der Waals surface area contributed by atoms with Gasteiger partial charge in [0.05, 0.1) is 19.3 Å². The number of aromatic hydroxyl groups is 3. The molecule has 4 atom stereocenters. The number of phenolic OH excluding ortho intramolecular Hbond substituents is 3. The summed E-state index contributed by atoms with van der Waals surface area (Å²) in [6.07, 6.45) is -4.16. The Morgan fingerprint density at radius 1 is 1.06 bits per heavy atom. The smallest absolute Gasteiger partial charge is 0.207 e. The van der Waals surface area contributed by atoms with E-state index < -0.39 is 47.3 Å². The van der Waals surface area contributed by atoms with Gasteiger partial charge in [-0.15, -0.1) is 0 Å². The van der Waals surface area contributed by atoms with Crippen LogP contribution in [0.25, 0.3) is 22.3 Å². The van der Waals surface area contributed by atoms with E-state index in [1.807, 2.05) is 0 Å². The third-order valence-electron chi connectivity index (χ3n) is 5.32. The van der Waals surface area contributed by atoms with Crippen molar-refractivity contribution in [3.63, 3.8) is 0 Å². The number of aliphatic hydroxyl groups is 2. The highest BCUT2D eigenvalue weighted by Crippen LogP contribution is 2.43. The van der Waals surface area contributed by atoms with E-state index in [9.17, 15) is 30.3 Å². The zero-order chi connectivity index (χ0) is 23.2. The highest BCUT2D eigenvalue weighted by atomic mass is 16.7. The summed E-state index contributed by atoms with van der Waals surface area (Å²) in [6, 6.07) is 6.62. The standard InChI is InChI=1S/C22H22O10/c1-9-20(27)13(25)8-18(30-9)32-22-14(26)7-17-19(21(22)28)12(24)6-15(31-17)10-3-4-11(23)16(5-10)29-2/h3-7,9,13,18,20,23,25-28H,8H2,1-2H3/t9-,13+,18-,20+/m0/s1. The molecule has 170 valence electrons. The number of methoxy groups -OCH3 is 1. The molecule has 4 rings (SSSR count). The van der Waals surface area contributed by atoms with Crippen LogP contribution in [0.2, 0.25) is 0 Å². The molecule has 0 unspecified atom stereocenters. The van der Waals surface area contributed by atoms with Crippen LogP contribution in [0.15, 0.2) is 39.5 Å². The summed E-state index contributed by atoms with van der Waals surface area (Å²) in [7, 11) is 1.38. The van der Waals surface area contributed by atoms with E-state index >= 15 is 0 Å². The maximum Gasteiger partial charge on any atom is 0.207 e. The van der Waals surface area contributed by atoms with Crippen molar-refractivity contribution in [1.29, 1.82) is 0 Å². The summed E-state index contributed by atoms with van der Waals surface area (Å²) in [5, 5.41) is 50.3. The quantitative estimate of drug-likeness (QED) is 0.400. The zero-order valence-corrected chi connectivity index (χ0v) is 17.2. The maximum absolute atomic E-state index is 12.8. The molecular weight excluding hydrogens is 424 g/mol. The average Bonchev–Trinajstić information content (AvgIpc) is 2.74. The van der Waals surface area contributed by atoms with Crippen molar-refractivity contribution in [3.8, 4) is 40.1 Å². The van der Waals surface area contributed by atoms with Crippen LogP contribution < -0.4 is 14.9 Å². The number of fused-ring (bicyclic) bond motifs is 1. The minimum absolute atomic E-state index is 0.0895. The van der Waals surface area contributed by atoms with Crippen LogP contribution in [0, 0.1) is 0 Å². The first-order valence-electron chi connectivity index (χ1n) is 9.78. The highest BCUT2D eigenvalue weighted by molar-refractivity contribution is 5.89. The topological polar surface area (TPSA) is 159 Å². The van der Waals surface area contributed by atoms with Crippen LogP contribution >= 0.6 is 0 Å². The first-order chi connectivity index (χ1) is 15.2. The summed E-state index contributed by atoms with van der Waals surface area (Å²) in [5.41, 5.74) is -0.283. The zero-order valence-electron chi connectivity index (χ0n) is 17.2. The summed E-state index contributed by atoms with van der Waals surface area (Å²) < 4.78 is 21.7. The van der Waals surface area contributed by atoms with E-state index in [0.29, 0.717) is 5.56 Å². The van der Waals surface area contributed by atoms with Gasteiger partial charge in [-0.2, -0.15) is 0 Å². The molecular formula is C22H22O10. The molecule has 1 aromatic heterocycles. The largest absolute Gasteiger partial charge is 0.504 e. The molecule has 10 nitrogen and oxygen atoms in total. The molecule has 1 aliphatic rings. The fraction of sp³-hybridized carbons (Fsp3) is 0.318. The molecule has 1 saturated heterocycles. The SMILES string of the molecule is COc1cc(-c2cc(=O)c3c(O)c(O[C@H]4C[C@@H](O)[C@H](O)[C@H](C)O4)c(O)cc3o2)ccc1O. The van der Waals surface area contributed by atoms with E-state index in [-0.39, 0.29) is 34.6 Å². The maximum atomic E-state index is 12.8. The molecule has 1 aliphatic heterocycles. The van der Waals surface area contributed by atoms with Gasteiger partial charge in [-0.25, -0.2) is 0 Å². The van der Waals surface area contributed by atoms with Crippen LogP contribution in [0.5, 0.6) is 28.7 Å². The molecule has 0 spiro atoms. The third-order valence-corrected chi connectivity index (χ3v) is 5.32. The number of phenols is 3. The molecule has 0 radical (unpaired) electrons. The van der Waals surface area contributed by atoms with Crippen molar-refractivity contribution < 1.29 is 44.2 Å².